The summed E-state index contributed by atoms with van der Waals surface area (Å²) < 4.78 is 4.86. The second kappa shape index (κ2) is 2.21. The minimum atomic E-state index is -0.148. The second-order valence-electron chi connectivity index (χ2n) is 2.23. The number of hydrogen-bond acceptors (Lipinski definition) is 2. The maximum Gasteiger partial charge on any atom is 0.334 e. The fourth-order valence-corrected chi connectivity index (χ4v) is 0.929. The molecule has 1 aliphatic heterocycles. The smallest absolute Gasteiger partial charge is 0.334 e. The van der Waals surface area contributed by atoms with E-state index in [9.17, 15) is 4.79 Å². The van der Waals surface area contributed by atoms with Gasteiger partial charge in [0.1, 0.15) is 6.10 Å². The van der Waals surface area contributed by atoms with Gasteiger partial charge in [0.2, 0.25) is 0 Å². The van der Waals surface area contributed by atoms with Crippen LogP contribution < -0.4 is 0 Å². The number of carbonyl (C=O) groups excluding carboxylic acids is 1. The average Bonchev–Trinajstić information content (AvgIpc) is 2.10. The normalized spacial score (nSPS) is 31.1. The van der Waals surface area contributed by atoms with Crippen molar-refractivity contribution in [2.45, 2.75) is 26.4 Å². The lowest BCUT2D eigenvalue weighted by molar-refractivity contribution is -0.138. The van der Waals surface area contributed by atoms with Gasteiger partial charge in [-0.2, -0.15) is 0 Å². The summed E-state index contributed by atoms with van der Waals surface area (Å²) in [6.45, 7) is 3.75. The van der Waals surface area contributed by atoms with Crippen LogP contribution >= 0.6 is 0 Å². The number of allylic oxidation sites excluding steroid dienone is 1. The Bertz CT molecular complexity index is 158. The predicted molar refractivity (Wildman–Crippen MR) is 33.9 cm³/mol. The van der Waals surface area contributed by atoms with Crippen LogP contribution in [0.1, 0.15) is 20.3 Å². The molecule has 1 atom stereocenters. The molecular formula is C7H10O2. The molecule has 1 saturated heterocycles. The van der Waals surface area contributed by atoms with Crippen LogP contribution in [0.2, 0.25) is 0 Å². The van der Waals surface area contributed by atoms with Crippen LogP contribution in [0.15, 0.2) is 11.6 Å². The Hall–Kier alpha value is -0.790. The van der Waals surface area contributed by atoms with Crippen LogP contribution in [0, 0.1) is 0 Å². The summed E-state index contributed by atoms with van der Waals surface area (Å²) >= 11 is 0. The molecule has 0 aliphatic carbocycles. The van der Waals surface area contributed by atoms with Gasteiger partial charge < -0.3 is 4.74 Å². The second-order valence-corrected chi connectivity index (χ2v) is 2.23. The maximum absolute atomic E-state index is 10.7. The molecule has 50 valence electrons. The van der Waals surface area contributed by atoms with Gasteiger partial charge in [0.25, 0.3) is 0 Å². The van der Waals surface area contributed by atoms with Crippen molar-refractivity contribution in [3.05, 3.63) is 11.6 Å². The summed E-state index contributed by atoms with van der Waals surface area (Å²) in [6, 6.07) is 0. The van der Waals surface area contributed by atoms with Gasteiger partial charge in [0.15, 0.2) is 0 Å². The van der Waals surface area contributed by atoms with Crippen molar-refractivity contribution in [1.82, 2.24) is 0 Å². The van der Waals surface area contributed by atoms with Crippen LogP contribution in [0.5, 0.6) is 0 Å². The third-order valence-electron chi connectivity index (χ3n) is 1.43. The van der Waals surface area contributed by atoms with Gasteiger partial charge in [-0.15, -0.1) is 0 Å². The molecule has 9 heavy (non-hydrogen) atoms. The summed E-state index contributed by atoms with van der Waals surface area (Å²) in [5, 5.41) is 0. The lowest BCUT2D eigenvalue weighted by atomic mass is 10.2. The zero-order chi connectivity index (χ0) is 6.85. The topological polar surface area (TPSA) is 26.3 Å². The van der Waals surface area contributed by atoms with E-state index in [1.807, 2.05) is 19.9 Å². The number of cyclic esters (lactones) is 1. The predicted octanol–water partition coefficient (Wildman–Crippen LogP) is 1.27. The Kier molecular flexibility index (Phi) is 1.56. The largest absolute Gasteiger partial charge is 0.459 e. The van der Waals surface area contributed by atoms with Gasteiger partial charge in [-0.3, -0.25) is 0 Å². The van der Waals surface area contributed by atoms with E-state index in [0.29, 0.717) is 0 Å². The van der Waals surface area contributed by atoms with Crippen molar-refractivity contribution in [1.29, 1.82) is 0 Å². The molecule has 2 nitrogen and oxygen atoms in total. The Morgan fingerprint density at radius 2 is 2.44 bits per heavy atom. The highest BCUT2D eigenvalue weighted by Crippen LogP contribution is 2.18. The van der Waals surface area contributed by atoms with Crippen molar-refractivity contribution in [2.24, 2.45) is 0 Å². The van der Waals surface area contributed by atoms with Gasteiger partial charge in [0, 0.05) is 12.0 Å². The first-order valence-electron chi connectivity index (χ1n) is 3.10. The number of rotatable bonds is 0. The standard InChI is InChI=1S/C7H10O2/c1-3-6-4-5(2)9-7(6)8/h3,5H,4H2,1-2H3/b6-3-/t5-/m1/s1. The highest BCUT2D eigenvalue weighted by atomic mass is 16.5. The molecule has 0 bridgehead atoms. The molecule has 1 fully saturated rings. The number of ether oxygens (including phenoxy) is 1. The van der Waals surface area contributed by atoms with Gasteiger partial charge >= 0.3 is 5.97 Å². The summed E-state index contributed by atoms with van der Waals surface area (Å²) in [6.07, 6.45) is 2.67. The summed E-state index contributed by atoms with van der Waals surface area (Å²) in [5.74, 6) is -0.148. The Balaban J connectivity index is 2.70. The molecule has 0 spiro atoms. The van der Waals surface area contributed by atoms with Gasteiger partial charge in [-0.25, -0.2) is 4.79 Å². The summed E-state index contributed by atoms with van der Waals surface area (Å²) in [5.41, 5.74) is 0.808. The van der Waals surface area contributed by atoms with Gasteiger partial charge in [-0.1, -0.05) is 6.08 Å². The van der Waals surface area contributed by atoms with Crippen molar-refractivity contribution in [2.75, 3.05) is 0 Å². The first-order chi connectivity index (χ1) is 4.24. The van der Waals surface area contributed by atoms with Crippen LogP contribution in [-0.2, 0) is 9.53 Å². The van der Waals surface area contributed by atoms with Crippen LogP contribution in [0.3, 0.4) is 0 Å². The Morgan fingerprint density at radius 1 is 1.78 bits per heavy atom. The zero-order valence-corrected chi connectivity index (χ0v) is 5.68. The monoisotopic (exact) mass is 126 g/mol. The molecule has 0 amide bonds. The lowest BCUT2D eigenvalue weighted by Gasteiger charge is -1.94. The first kappa shape index (κ1) is 6.33. The van der Waals surface area contributed by atoms with E-state index in [-0.39, 0.29) is 12.1 Å². The average molecular weight is 126 g/mol. The third-order valence-corrected chi connectivity index (χ3v) is 1.43. The van der Waals surface area contributed by atoms with E-state index in [1.54, 1.807) is 0 Å². The summed E-state index contributed by atoms with van der Waals surface area (Å²) in [4.78, 5) is 10.7. The molecule has 1 rings (SSSR count). The molecule has 1 heterocycles. The van der Waals surface area contributed by atoms with Crippen molar-refractivity contribution in [3.8, 4) is 0 Å². The van der Waals surface area contributed by atoms with E-state index in [0.717, 1.165) is 12.0 Å². The Morgan fingerprint density at radius 3 is 2.67 bits per heavy atom. The SMILES string of the molecule is C/C=C1/C[C@@H](C)OC1=O. The molecule has 1 aliphatic rings. The lowest BCUT2D eigenvalue weighted by Crippen LogP contribution is -1.99. The van der Waals surface area contributed by atoms with Crippen LogP contribution in [0.25, 0.3) is 0 Å². The molecular weight excluding hydrogens is 116 g/mol. The summed E-state index contributed by atoms with van der Waals surface area (Å²) in [7, 11) is 0. The van der Waals surface area contributed by atoms with Crippen LogP contribution in [-0.4, -0.2) is 12.1 Å². The molecule has 0 aromatic heterocycles. The minimum Gasteiger partial charge on any atom is -0.459 e. The van der Waals surface area contributed by atoms with E-state index >= 15 is 0 Å². The zero-order valence-electron chi connectivity index (χ0n) is 5.68. The quantitative estimate of drug-likeness (QED) is 0.361. The highest BCUT2D eigenvalue weighted by Gasteiger charge is 2.23. The fraction of sp³-hybridized carbons (Fsp3) is 0.571. The van der Waals surface area contributed by atoms with E-state index < -0.39 is 0 Å². The molecule has 2 heteroatoms. The number of hydrogen-bond donors (Lipinski definition) is 0. The number of esters is 1. The van der Waals surface area contributed by atoms with Crippen molar-refractivity contribution < 1.29 is 9.53 Å². The third kappa shape index (κ3) is 1.12. The maximum atomic E-state index is 10.7. The molecule has 0 unspecified atom stereocenters. The van der Waals surface area contributed by atoms with E-state index in [1.165, 1.54) is 0 Å². The highest BCUT2D eigenvalue weighted by molar-refractivity contribution is 5.90. The molecule has 0 aromatic rings. The fourth-order valence-electron chi connectivity index (χ4n) is 0.929. The molecule has 0 N–H and O–H groups in total. The van der Waals surface area contributed by atoms with Crippen molar-refractivity contribution >= 4 is 5.97 Å². The molecule has 0 radical (unpaired) electrons. The minimum absolute atomic E-state index is 0.0868. The van der Waals surface area contributed by atoms with E-state index in [2.05, 4.69) is 0 Å². The van der Waals surface area contributed by atoms with Gasteiger partial charge in [0.05, 0.1) is 0 Å². The van der Waals surface area contributed by atoms with Gasteiger partial charge in [-0.05, 0) is 13.8 Å². The van der Waals surface area contributed by atoms with E-state index in [4.69, 9.17) is 4.74 Å². The number of carbonyl (C=O) groups is 1. The van der Waals surface area contributed by atoms with Crippen LogP contribution in [0.4, 0.5) is 0 Å². The molecule has 0 aromatic carbocycles. The van der Waals surface area contributed by atoms with Crippen molar-refractivity contribution in [3.63, 3.8) is 0 Å². The molecule has 0 saturated carbocycles. The first-order valence-corrected chi connectivity index (χ1v) is 3.10. The Labute approximate surface area is 54.5 Å².